The predicted octanol–water partition coefficient (Wildman–Crippen LogP) is 5.36. The van der Waals surface area contributed by atoms with Gasteiger partial charge in [0.05, 0.1) is 11.9 Å². The van der Waals surface area contributed by atoms with Gasteiger partial charge in [0.25, 0.3) is 5.91 Å². The van der Waals surface area contributed by atoms with Gasteiger partial charge in [0.1, 0.15) is 11.5 Å². The maximum absolute atomic E-state index is 12.8. The number of hydrazone groups is 1. The van der Waals surface area contributed by atoms with Crippen LogP contribution in [0.5, 0.6) is 0 Å². The van der Waals surface area contributed by atoms with E-state index < -0.39 is 0 Å². The molecular formula is C26H20N4O2. The number of rotatable bonds is 5. The summed E-state index contributed by atoms with van der Waals surface area (Å²) in [5.74, 6) is 1.16. The minimum atomic E-state index is -0.274. The molecule has 0 aliphatic heterocycles. The van der Waals surface area contributed by atoms with E-state index in [1.54, 1.807) is 17.0 Å². The first-order valence-electron chi connectivity index (χ1n) is 10.2. The van der Waals surface area contributed by atoms with Gasteiger partial charge in [-0.2, -0.15) is 10.2 Å². The third kappa shape index (κ3) is 3.81. The monoisotopic (exact) mass is 420 g/mol. The van der Waals surface area contributed by atoms with Crippen molar-refractivity contribution in [3.05, 3.63) is 108 Å². The molecule has 1 amide bonds. The summed E-state index contributed by atoms with van der Waals surface area (Å²) in [6, 6.07) is 26.9. The fourth-order valence-electron chi connectivity index (χ4n) is 3.59. The van der Waals surface area contributed by atoms with Gasteiger partial charge in [-0.1, -0.05) is 54.6 Å². The Kier molecular flexibility index (Phi) is 5.09. The molecule has 0 atom stereocenters. The van der Waals surface area contributed by atoms with Gasteiger partial charge in [0, 0.05) is 17.3 Å². The molecule has 0 fully saturated rings. The first-order valence-corrected chi connectivity index (χ1v) is 10.2. The minimum Gasteiger partial charge on any atom is -0.460 e. The van der Waals surface area contributed by atoms with Crippen LogP contribution < -0.4 is 5.43 Å². The number of hydrogen-bond donors (Lipinski definition) is 1. The van der Waals surface area contributed by atoms with Crippen molar-refractivity contribution >= 4 is 22.9 Å². The SMILES string of the molecule is Cc1ccc(-c2nn(-c3ccccc3)cc2/C=N\NC(=O)c2cccc3ccccc23)o1. The Hall–Kier alpha value is -4.45. The van der Waals surface area contributed by atoms with Crippen molar-refractivity contribution in [3.8, 4) is 17.1 Å². The Morgan fingerprint density at radius 2 is 1.75 bits per heavy atom. The Balaban J connectivity index is 1.45. The molecule has 32 heavy (non-hydrogen) atoms. The van der Waals surface area contributed by atoms with Gasteiger partial charge in [0.15, 0.2) is 5.76 Å². The van der Waals surface area contributed by atoms with E-state index in [1.165, 1.54) is 0 Å². The summed E-state index contributed by atoms with van der Waals surface area (Å²) in [7, 11) is 0. The lowest BCUT2D eigenvalue weighted by molar-refractivity contribution is 0.0957. The summed E-state index contributed by atoms with van der Waals surface area (Å²) in [5.41, 5.74) is 5.49. The van der Waals surface area contributed by atoms with Gasteiger partial charge in [-0.15, -0.1) is 0 Å². The standard InChI is InChI=1S/C26H20N4O2/c1-18-14-15-24(32-18)25-20(17-30(29-25)21-10-3-2-4-11-21)16-27-28-26(31)23-13-7-9-19-8-5-6-12-22(19)23/h2-17H,1H3,(H,28,31)/b27-16-. The van der Waals surface area contributed by atoms with Crippen molar-refractivity contribution in [1.29, 1.82) is 0 Å². The van der Waals surface area contributed by atoms with Crippen LogP contribution in [0, 0.1) is 6.92 Å². The molecule has 5 rings (SSSR count). The number of aryl methyl sites for hydroxylation is 1. The van der Waals surface area contributed by atoms with Crippen LogP contribution in [-0.4, -0.2) is 21.9 Å². The highest BCUT2D eigenvalue weighted by molar-refractivity contribution is 6.07. The summed E-state index contributed by atoms with van der Waals surface area (Å²) in [4.78, 5) is 12.8. The average molecular weight is 420 g/mol. The van der Waals surface area contributed by atoms with E-state index in [-0.39, 0.29) is 5.91 Å². The maximum atomic E-state index is 12.8. The first kappa shape index (κ1) is 19.5. The third-order valence-electron chi connectivity index (χ3n) is 5.14. The molecule has 0 aliphatic carbocycles. The molecule has 3 aromatic carbocycles. The summed E-state index contributed by atoms with van der Waals surface area (Å²) < 4.78 is 7.54. The molecule has 1 N–H and O–H groups in total. The summed E-state index contributed by atoms with van der Waals surface area (Å²) >= 11 is 0. The molecular weight excluding hydrogens is 400 g/mol. The Bertz CT molecular complexity index is 1430. The van der Waals surface area contributed by atoms with Crippen LogP contribution in [0.3, 0.4) is 0 Å². The quantitative estimate of drug-likeness (QED) is 0.307. The van der Waals surface area contributed by atoms with E-state index in [0.717, 1.165) is 27.8 Å². The topological polar surface area (TPSA) is 72.4 Å². The molecule has 0 aliphatic rings. The first-order chi connectivity index (χ1) is 15.7. The molecule has 6 heteroatoms. The molecule has 0 saturated heterocycles. The molecule has 0 bridgehead atoms. The van der Waals surface area contributed by atoms with E-state index >= 15 is 0 Å². The zero-order chi connectivity index (χ0) is 21.9. The molecule has 0 unspecified atom stereocenters. The van der Waals surface area contributed by atoms with Crippen LogP contribution in [0.4, 0.5) is 0 Å². The molecule has 0 radical (unpaired) electrons. The van der Waals surface area contributed by atoms with Crippen molar-refractivity contribution < 1.29 is 9.21 Å². The number of carbonyl (C=O) groups is 1. The highest BCUT2D eigenvalue weighted by Gasteiger charge is 2.15. The van der Waals surface area contributed by atoms with Crippen LogP contribution >= 0.6 is 0 Å². The lowest BCUT2D eigenvalue weighted by Gasteiger charge is -2.04. The smallest absolute Gasteiger partial charge is 0.271 e. The van der Waals surface area contributed by atoms with Crippen molar-refractivity contribution in [3.63, 3.8) is 0 Å². The van der Waals surface area contributed by atoms with Crippen molar-refractivity contribution in [2.24, 2.45) is 5.10 Å². The van der Waals surface area contributed by atoms with Crippen LogP contribution in [0.25, 0.3) is 27.9 Å². The number of aromatic nitrogens is 2. The van der Waals surface area contributed by atoms with Crippen LogP contribution in [0.1, 0.15) is 21.7 Å². The number of furan rings is 1. The highest BCUT2D eigenvalue weighted by Crippen LogP contribution is 2.25. The number of carbonyl (C=O) groups excluding carboxylic acids is 1. The zero-order valence-electron chi connectivity index (χ0n) is 17.4. The minimum absolute atomic E-state index is 0.274. The molecule has 0 saturated carbocycles. The average Bonchev–Trinajstić information content (AvgIpc) is 3.45. The summed E-state index contributed by atoms with van der Waals surface area (Å²) in [5, 5.41) is 10.8. The number of nitrogens with one attached hydrogen (secondary N) is 1. The Labute approximate surface area is 184 Å². The second-order valence-corrected chi connectivity index (χ2v) is 7.35. The van der Waals surface area contributed by atoms with Gasteiger partial charge < -0.3 is 4.42 Å². The van der Waals surface area contributed by atoms with E-state index in [2.05, 4.69) is 15.6 Å². The van der Waals surface area contributed by atoms with E-state index in [0.29, 0.717) is 17.0 Å². The second-order valence-electron chi connectivity index (χ2n) is 7.35. The van der Waals surface area contributed by atoms with Crippen molar-refractivity contribution in [1.82, 2.24) is 15.2 Å². The molecule has 5 aromatic rings. The summed E-state index contributed by atoms with van der Waals surface area (Å²) in [6.45, 7) is 1.88. The number of hydrogen-bond acceptors (Lipinski definition) is 4. The van der Waals surface area contributed by atoms with E-state index in [4.69, 9.17) is 4.42 Å². The fourth-order valence-corrected chi connectivity index (χ4v) is 3.59. The third-order valence-corrected chi connectivity index (χ3v) is 5.14. The van der Waals surface area contributed by atoms with E-state index in [1.807, 2.05) is 92.0 Å². The van der Waals surface area contributed by atoms with Crippen molar-refractivity contribution in [2.45, 2.75) is 6.92 Å². The lowest BCUT2D eigenvalue weighted by atomic mass is 10.0. The van der Waals surface area contributed by atoms with E-state index in [9.17, 15) is 4.79 Å². The van der Waals surface area contributed by atoms with Gasteiger partial charge in [0.2, 0.25) is 0 Å². The lowest BCUT2D eigenvalue weighted by Crippen LogP contribution is -2.17. The number of fused-ring (bicyclic) bond motifs is 1. The number of para-hydroxylation sites is 1. The number of nitrogens with zero attached hydrogens (tertiary/aromatic N) is 3. The second kappa shape index (κ2) is 8.35. The fraction of sp³-hybridized carbons (Fsp3) is 0.0385. The highest BCUT2D eigenvalue weighted by atomic mass is 16.3. The predicted molar refractivity (Wildman–Crippen MR) is 125 cm³/mol. The van der Waals surface area contributed by atoms with Gasteiger partial charge in [-0.25, -0.2) is 10.1 Å². The van der Waals surface area contributed by atoms with Gasteiger partial charge in [-0.3, -0.25) is 4.79 Å². The molecule has 2 heterocycles. The van der Waals surface area contributed by atoms with Crippen LogP contribution in [-0.2, 0) is 0 Å². The molecule has 2 aromatic heterocycles. The normalized spacial score (nSPS) is 11.3. The van der Waals surface area contributed by atoms with Crippen LogP contribution in [0.2, 0.25) is 0 Å². The largest absolute Gasteiger partial charge is 0.460 e. The zero-order valence-corrected chi connectivity index (χ0v) is 17.4. The number of benzene rings is 3. The van der Waals surface area contributed by atoms with Gasteiger partial charge >= 0.3 is 0 Å². The molecule has 6 nitrogen and oxygen atoms in total. The molecule has 0 spiro atoms. The maximum Gasteiger partial charge on any atom is 0.271 e. The van der Waals surface area contributed by atoms with Gasteiger partial charge in [-0.05, 0) is 48.0 Å². The summed E-state index contributed by atoms with van der Waals surface area (Å²) in [6.07, 6.45) is 3.44. The molecule has 156 valence electrons. The van der Waals surface area contributed by atoms with Crippen LogP contribution in [0.15, 0.2) is 101 Å². The Morgan fingerprint density at radius 3 is 2.56 bits per heavy atom. The van der Waals surface area contributed by atoms with Crippen molar-refractivity contribution in [2.75, 3.05) is 0 Å². The number of amides is 1. The Morgan fingerprint density at radius 1 is 0.969 bits per heavy atom.